The third kappa shape index (κ3) is 6.29. The molecule has 0 spiro atoms. The van der Waals surface area contributed by atoms with Crippen molar-refractivity contribution in [3.63, 3.8) is 0 Å². The molecule has 9 rings (SSSR count). The van der Waals surface area contributed by atoms with Gasteiger partial charge in [-0.05, 0) is 114 Å². The quantitative estimate of drug-likeness (QED) is 0.157. The maximum atomic E-state index is 14.3. The number of benzene rings is 6. The van der Waals surface area contributed by atoms with Gasteiger partial charge in [0.05, 0.1) is 70.8 Å². The number of nitriles is 2. The summed E-state index contributed by atoms with van der Waals surface area (Å²) in [5.41, 5.74) is 3.59. The van der Waals surface area contributed by atoms with Crippen LogP contribution in [0.4, 0.5) is 26.3 Å². The molecule has 1 aliphatic carbocycles. The number of aromatic nitrogens is 2. The molecule has 1 aliphatic rings. The Balaban J connectivity index is 1.50. The first-order valence-electron chi connectivity index (χ1n) is 18.7. The summed E-state index contributed by atoms with van der Waals surface area (Å²) in [6.07, 6.45) is -3.76. The molecule has 0 saturated heterocycles. The lowest BCUT2D eigenvalue weighted by molar-refractivity contribution is -0.138. The molecule has 0 amide bonds. The third-order valence-electron chi connectivity index (χ3n) is 11.1. The van der Waals surface area contributed by atoms with Crippen LogP contribution in [-0.4, -0.2) is 23.4 Å². The van der Waals surface area contributed by atoms with Gasteiger partial charge in [0.25, 0.3) is 0 Å². The van der Waals surface area contributed by atoms with Crippen LogP contribution >= 0.6 is 0 Å². The zero-order valence-corrected chi connectivity index (χ0v) is 31.8. The van der Waals surface area contributed by atoms with Gasteiger partial charge >= 0.3 is 12.4 Å². The number of rotatable bonds is 6. The Bertz CT molecular complexity index is 3090. The number of fused-ring (bicyclic) bond motifs is 6. The predicted molar refractivity (Wildman–Crippen MR) is 219 cm³/mol. The first-order valence-corrected chi connectivity index (χ1v) is 18.7. The van der Waals surface area contributed by atoms with Gasteiger partial charge in [-0.3, -0.25) is 0 Å². The molecular weight excluding hydrogens is 779 g/mol. The van der Waals surface area contributed by atoms with E-state index in [4.69, 9.17) is 9.47 Å². The van der Waals surface area contributed by atoms with Crippen molar-refractivity contribution in [3.8, 4) is 46.1 Å². The zero-order valence-electron chi connectivity index (χ0n) is 31.8. The molecule has 6 aromatic carbocycles. The molecule has 296 valence electrons. The maximum Gasteiger partial charge on any atom is 0.416 e. The average Bonchev–Trinajstić information content (AvgIpc) is 3.76. The molecule has 12 heteroatoms. The predicted octanol–water partition coefficient (Wildman–Crippen LogP) is 13.0. The summed E-state index contributed by atoms with van der Waals surface area (Å²) in [6.45, 7) is 0. The van der Waals surface area contributed by atoms with E-state index in [2.05, 4.69) is 12.1 Å². The van der Waals surface area contributed by atoms with Crippen LogP contribution in [0.5, 0.6) is 11.5 Å². The largest absolute Gasteiger partial charge is 0.497 e. The molecule has 2 heterocycles. The normalized spacial score (nSPS) is 14.4. The van der Waals surface area contributed by atoms with E-state index in [1.807, 2.05) is 71.3 Å². The maximum absolute atomic E-state index is 14.3. The number of hydrogen-bond acceptors (Lipinski definition) is 4. The molecule has 0 fully saturated rings. The number of halogens is 6. The fourth-order valence-corrected chi connectivity index (χ4v) is 8.43. The van der Waals surface area contributed by atoms with Crippen LogP contribution in [0.3, 0.4) is 0 Å². The number of alkyl halides is 6. The first-order chi connectivity index (χ1) is 28.8. The molecule has 8 aromatic rings. The van der Waals surface area contributed by atoms with Gasteiger partial charge in [-0.1, -0.05) is 24.3 Å². The molecule has 0 N–H and O–H groups in total. The first kappa shape index (κ1) is 38.1. The lowest BCUT2D eigenvalue weighted by atomic mass is 9.83. The molecule has 1 atom stereocenters. The summed E-state index contributed by atoms with van der Waals surface area (Å²) in [5, 5.41) is 21.8. The summed E-state index contributed by atoms with van der Waals surface area (Å²) >= 11 is 0. The SMILES string of the molecule is COc1ccc2c3ccc(OC)cc3n(-c3cc(-c4cccc(C#N)c4)c(C4C=C(C#N)C=CC4)c(-n4c5ccc(C(F)(F)F)cc5c5cc(C(F)(F)F)ccc54)c3)c2c1. The molecule has 0 saturated carbocycles. The minimum absolute atomic E-state index is 0.0292. The highest BCUT2D eigenvalue weighted by molar-refractivity contribution is 6.11. The monoisotopic (exact) mass is 808 g/mol. The summed E-state index contributed by atoms with van der Waals surface area (Å²) in [6, 6.07) is 32.8. The van der Waals surface area contributed by atoms with Gasteiger partial charge in [-0.25, -0.2) is 0 Å². The fraction of sp³-hybridized carbons (Fsp3) is 0.125. The highest BCUT2D eigenvalue weighted by atomic mass is 19.4. The highest BCUT2D eigenvalue weighted by Gasteiger charge is 2.34. The Morgan fingerprint density at radius 2 is 1.22 bits per heavy atom. The van der Waals surface area contributed by atoms with Crippen LogP contribution < -0.4 is 9.47 Å². The number of hydrogen-bond donors (Lipinski definition) is 0. The van der Waals surface area contributed by atoms with E-state index in [-0.39, 0.29) is 21.8 Å². The van der Waals surface area contributed by atoms with Gasteiger partial charge in [-0.15, -0.1) is 0 Å². The van der Waals surface area contributed by atoms with Crippen molar-refractivity contribution in [1.82, 2.24) is 9.13 Å². The standard InChI is InChI=1S/C48H30F6N4O2/c1-59-34-11-13-36-37-14-12-35(60-2)24-44(37)57(43(36)23-34)33-21-38(29-7-3-5-27(17-29)25-55)46(30-8-4-6-28(18-30)26-56)45(22-33)58-41-15-9-31(47(49,50)51)19-39(41)40-20-32(48(52,53)54)10-16-42(40)58/h3-7,9-24,30H,8H2,1-2H3. The second-order valence-corrected chi connectivity index (χ2v) is 14.5. The van der Waals surface area contributed by atoms with Crippen molar-refractivity contribution in [3.05, 3.63) is 155 Å². The van der Waals surface area contributed by atoms with Gasteiger partial charge in [0.1, 0.15) is 11.5 Å². The molecule has 6 nitrogen and oxygen atoms in total. The van der Waals surface area contributed by atoms with E-state index in [1.54, 1.807) is 43.1 Å². The highest BCUT2D eigenvalue weighted by Crippen LogP contribution is 2.47. The molecule has 1 unspecified atom stereocenters. The average molecular weight is 809 g/mol. The van der Waals surface area contributed by atoms with Crippen LogP contribution in [0.15, 0.2) is 133 Å². The fourth-order valence-electron chi connectivity index (χ4n) is 8.43. The number of nitrogens with zero attached hydrogens (tertiary/aromatic N) is 4. The topological polar surface area (TPSA) is 75.9 Å². The number of methoxy groups -OCH3 is 2. The summed E-state index contributed by atoms with van der Waals surface area (Å²) < 4.78 is 101. The zero-order chi connectivity index (χ0) is 42.1. The van der Waals surface area contributed by atoms with Crippen molar-refractivity contribution in [2.45, 2.75) is 24.7 Å². The number of ether oxygens (including phenoxy) is 2. The second-order valence-electron chi connectivity index (χ2n) is 14.5. The Labute approximate surface area is 338 Å². The lowest BCUT2D eigenvalue weighted by Gasteiger charge is -2.26. The van der Waals surface area contributed by atoms with E-state index in [0.717, 1.165) is 46.1 Å². The van der Waals surface area contributed by atoms with Crippen molar-refractivity contribution in [2.24, 2.45) is 0 Å². The van der Waals surface area contributed by atoms with Crippen LogP contribution in [0.2, 0.25) is 0 Å². The van der Waals surface area contributed by atoms with Crippen LogP contribution in [-0.2, 0) is 12.4 Å². The van der Waals surface area contributed by atoms with E-state index < -0.39 is 29.4 Å². The van der Waals surface area contributed by atoms with Gasteiger partial charge in [0.2, 0.25) is 0 Å². The summed E-state index contributed by atoms with van der Waals surface area (Å²) in [4.78, 5) is 0. The van der Waals surface area contributed by atoms with Crippen LogP contribution in [0.25, 0.3) is 66.1 Å². The van der Waals surface area contributed by atoms with Crippen molar-refractivity contribution >= 4 is 43.6 Å². The van der Waals surface area contributed by atoms with Crippen molar-refractivity contribution in [2.75, 3.05) is 14.2 Å². The van der Waals surface area contributed by atoms with E-state index in [9.17, 15) is 36.9 Å². The molecular formula is C48H30F6N4O2. The van der Waals surface area contributed by atoms with E-state index in [0.29, 0.717) is 57.1 Å². The van der Waals surface area contributed by atoms with E-state index in [1.165, 1.54) is 12.1 Å². The molecule has 0 bridgehead atoms. The van der Waals surface area contributed by atoms with Gasteiger partial charge in [0, 0.05) is 50.9 Å². The molecule has 0 aliphatic heterocycles. The van der Waals surface area contributed by atoms with Crippen molar-refractivity contribution < 1.29 is 35.8 Å². The summed E-state index contributed by atoms with van der Waals surface area (Å²) in [5.74, 6) is 0.650. The molecule has 0 radical (unpaired) electrons. The number of allylic oxidation sites excluding steroid dienone is 4. The minimum atomic E-state index is -4.78. The Hall–Kier alpha value is -7.44. The Morgan fingerprint density at radius 3 is 1.75 bits per heavy atom. The molecule has 2 aromatic heterocycles. The van der Waals surface area contributed by atoms with Gasteiger partial charge in [0.15, 0.2) is 0 Å². The summed E-state index contributed by atoms with van der Waals surface area (Å²) in [7, 11) is 3.12. The smallest absolute Gasteiger partial charge is 0.416 e. The van der Waals surface area contributed by atoms with Gasteiger partial charge in [-0.2, -0.15) is 36.9 Å². The van der Waals surface area contributed by atoms with Crippen LogP contribution in [0.1, 0.15) is 34.6 Å². The molecule has 60 heavy (non-hydrogen) atoms. The third-order valence-corrected chi connectivity index (χ3v) is 11.1. The van der Waals surface area contributed by atoms with Crippen molar-refractivity contribution in [1.29, 1.82) is 10.5 Å². The van der Waals surface area contributed by atoms with Crippen LogP contribution in [0, 0.1) is 22.7 Å². The minimum Gasteiger partial charge on any atom is -0.497 e. The van der Waals surface area contributed by atoms with Gasteiger partial charge < -0.3 is 18.6 Å². The van der Waals surface area contributed by atoms with E-state index >= 15 is 0 Å². The second kappa shape index (κ2) is 14.1. The Kier molecular flexibility index (Phi) is 8.98. The Morgan fingerprint density at radius 1 is 0.617 bits per heavy atom. The lowest BCUT2D eigenvalue weighted by Crippen LogP contribution is -2.10.